The van der Waals surface area contributed by atoms with Crippen molar-refractivity contribution < 1.29 is 0 Å². The molecule has 0 amide bonds. The molecular formula is C13H25N3. The summed E-state index contributed by atoms with van der Waals surface area (Å²) < 4.78 is 0. The highest BCUT2D eigenvalue weighted by Gasteiger charge is 2.44. The minimum absolute atomic E-state index is 0.0122. The van der Waals surface area contributed by atoms with Crippen molar-refractivity contribution in [1.82, 2.24) is 10.2 Å². The summed E-state index contributed by atoms with van der Waals surface area (Å²) in [5, 5.41) is 13.0. The third-order valence-corrected chi connectivity index (χ3v) is 3.47. The smallest absolute Gasteiger partial charge is 0.110 e. The fourth-order valence-electron chi connectivity index (χ4n) is 2.57. The van der Waals surface area contributed by atoms with E-state index in [2.05, 4.69) is 58.0 Å². The van der Waals surface area contributed by atoms with Gasteiger partial charge in [-0.1, -0.05) is 0 Å². The Hall–Kier alpha value is -0.590. The van der Waals surface area contributed by atoms with Crippen molar-refractivity contribution in [1.29, 1.82) is 5.26 Å². The number of likely N-dealkylation sites (tertiary alicyclic amines) is 1. The molecule has 1 aliphatic heterocycles. The Kier molecular flexibility index (Phi) is 3.38. The van der Waals surface area contributed by atoms with E-state index in [1.54, 1.807) is 0 Å². The molecule has 0 bridgehead atoms. The second kappa shape index (κ2) is 4.01. The normalized spacial score (nSPS) is 31.1. The summed E-state index contributed by atoms with van der Waals surface area (Å²) in [4.78, 5) is 2.34. The number of nitrogens with one attached hydrogen (secondary N) is 1. The Morgan fingerprint density at radius 1 is 1.31 bits per heavy atom. The van der Waals surface area contributed by atoms with Crippen LogP contribution in [0.25, 0.3) is 0 Å². The number of nitrogens with zero attached hydrogens (tertiary/aromatic N) is 2. The molecule has 1 rings (SSSR count). The Morgan fingerprint density at radius 2 is 1.88 bits per heavy atom. The number of hydrogen-bond donors (Lipinski definition) is 1. The molecule has 1 unspecified atom stereocenters. The van der Waals surface area contributed by atoms with Gasteiger partial charge in [-0.3, -0.25) is 5.32 Å². The van der Waals surface area contributed by atoms with Crippen LogP contribution >= 0.6 is 0 Å². The number of piperidine rings is 1. The van der Waals surface area contributed by atoms with Crippen molar-refractivity contribution in [3.63, 3.8) is 0 Å². The fraction of sp³-hybridized carbons (Fsp3) is 0.923. The topological polar surface area (TPSA) is 39.1 Å². The quantitative estimate of drug-likeness (QED) is 0.740. The van der Waals surface area contributed by atoms with Crippen LogP contribution in [0.4, 0.5) is 0 Å². The summed E-state index contributed by atoms with van der Waals surface area (Å²) in [6.07, 6.45) is 1.78. The van der Waals surface area contributed by atoms with Crippen LogP contribution in [0.5, 0.6) is 0 Å². The van der Waals surface area contributed by atoms with E-state index in [9.17, 15) is 5.26 Å². The van der Waals surface area contributed by atoms with E-state index < -0.39 is 0 Å². The molecule has 0 aromatic rings. The van der Waals surface area contributed by atoms with Gasteiger partial charge in [0.25, 0.3) is 0 Å². The first-order valence-corrected chi connectivity index (χ1v) is 6.02. The van der Waals surface area contributed by atoms with Crippen LogP contribution < -0.4 is 5.32 Å². The average molecular weight is 223 g/mol. The standard InChI is InChI=1S/C13H25N3/c1-11(2,3)15-13(10-14)7-8-16(6)12(4,5)9-13/h15H,7-9H2,1-6H3. The Labute approximate surface area is 99.8 Å². The van der Waals surface area contributed by atoms with Crippen molar-refractivity contribution in [2.24, 2.45) is 0 Å². The summed E-state index contributed by atoms with van der Waals surface area (Å²) in [7, 11) is 2.14. The second-order valence-corrected chi connectivity index (χ2v) is 6.73. The lowest BCUT2D eigenvalue weighted by Gasteiger charge is -2.49. The molecule has 1 N–H and O–H groups in total. The Balaban J connectivity index is 2.88. The third kappa shape index (κ3) is 2.96. The predicted molar refractivity (Wildman–Crippen MR) is 67.2 cm³/mol. The second-order valence-electron chi connectivity index (χ2n) is 6.73. The maximum atomic E-state index is 9.49. The highest BCUT2D eigenvalue weighted by molar-refractivity contribution is 5.15. The van der Waals surface area contributed by atoms with E-state index in [0.29, 0.717) is 0 Å². The molecule has 1 aliphatic rings. The Morgan fingerprint density at radius 3 is 2.25 bits per heavy atom. The van der Waals surface area contributed by atoms with E-state index in [-0.39, 0.29) is 16.6 Å². The van der Waals surface area contributed by atoms with Crippen LogP contribution in [-0.4, -0.2) is 35.1 Å². The summed E-state index contributed by atoms with van der Waals surface area (Å²) in [6, 6.07) is 2.51. The van der Waals surface area contributed by atoms with Crippen LogP contribution in [0.1, 0.15) is 47.5 Å². The molecule has 92 valence electrons. The van der Waals surface area contributed by atoms with Crippen molar-refractivity contribution in [2.75, 3.05) is 13.6 Å². The molecular weight excluding hydrogens is 198 g/mol. The molecule has 0 spiro atoms. The van der Waals surface area contributed by atoms with Gasteiger partial charge in [0.1, 0.15) is 5.54 Å². The fourth-order valence-corrected chi connectivity index (χ4v) is 2.57. The number of nitriles is 1. The zero-order valence-electron chi connectivity index (χ0n) is 11.5. The van der Waals surface area contributed by atoms with Crippen molar-refractivity contribution in [2.45, 2.75) is 64.1 Å². The van der Waals surface area contributed by atoms with E-state index in [1.165, 1.54) is 0 Å². The first-order chi connectivity index (χ1) is 7.10. The molecule has 3 nitrogen and oxygen atoms in total. The van der Waals surface area contributed by atoms with E-state index in [1.807, 2.05) is 0 Å². The summed E-state index contributed by atoms with van der Waals surface area (Å²) >= 11 is 0. The van der Waals surface area contributed by atoms with Crippen molar-refractivity contribution >= 4 is 0 Å². The lowest BCUT2D eigenvalue weighted by Crippen LogP contribution is -2.63. The van der Waals surface area contributed by atoms with Gasteiger partial charge in [0.15, 0.2) is 0 Å². The van der Waals surface area contributed by atoms with Gasteiger partial charge in [-0.2, -0.15) is 5.26 Å². The maximum absolute atomic E-state index is 9.49. The molecule has 1 atom stereocenters. The highest BCUT2D eigenvalue weighted by Crippen LogP contribution is 2.34. The van der Waals surface area contributed by atoms with Gasteiger partial charge >= 0.3 is 0 Å². The maximum Gasteiger partial charge on any atom is 0.110 e. The van der Waals surface area contributed by atoms with Crippen LogP contribution in [0, 0.1) is 11.3 Å². The van der Waals surface area contributed by atoms with Crippen LogP contribution in [0.2, 0.25) is 0 Å². The van der Waals surface area contributed by atoms with Crippen LogP contribution in [0.15, 0.2) is 0 Å². The SMILES string of the molecule is CN1CCC(C#N)(NC(C)(C)C)CC1(C)C. The molecule has 1 heterocycles. The van der Waals surface area contributed by atoms with Gasteiger partial charge in [-0.15, -0.1) is 0 Å². The predicted octanol–water partition coefficient (Wildman–Crippen LogP) is 2.14. The van der Waals surface area contributed by atoms with Gasteiger partial charge in [0.05, 0.1) is 6.07 Å². The monoisotopic (exact) mass is 223 g/mol. The number of hydrogen-bond acceptors (Lipinski definition) is 3. The molecule has 0 aliphatic carbocycles. The zero-order chi connectivity index (χ0) is 12.6. The van der Waals surface area contributed by atoms with E-state index in [4.69, 9.17) is 0 Å². The van der Waals surface area contributed by atoms with Crippen LogP contribution in [0.3, 0.4) is 0 Å². The molecule has 16 heavy (non-hydrogen) atoms. The lowest BCUT2D eigenvalue weighted by atomic mass is 9.77. The lowest BCUT2D eigenvalue weighted by molar-refractivity contribution is 0.0523. The molecule has 3 heteroatoms. The minimum atomic E-state index is -0.367. The molecule has 1 saturated heterocycles. The molecule has 0 aromatic carbocycles. The average Bonchev–Trinajstić information content (AvgIpc) is 2.09. The van der Waals surface area contributed by atoms with Crippen molar-refractivity contribution in [3.05, 3.63) is 0 Å². The molecule has 0 saturated carbocycles. The van der Waals surface area contributed by atoms with Gasteiger partial charge < -0.3 is 4.90 Å². The van der Waals surface area contributed by atoms with E-state index >= 15 is 0 Å². The minimum Gasteiger partial charge on any atom is -0.301 e. The van der Waals surface area contributed by atoms with Crippen molar-refractivity contribution in [3.8, 4) is 6.07 Å². The molecule has 1 fully saturated rings. The molecule has 0 aromatic heterocycles. The van der Waals surface area contributed by atoms with E-state index in [0.717, 1.165) is 19.4 Å². The first kappa shape index (κ1) is 13.5. The van der Waals surface area contributed by atoms with Gasteiger partial charge in [-0.05, 0) is 54.5 Å². The third-order valence-electron chi connectivity index (χ3n) is 3.47. The summed E-state index contributed by atoms with van der Waals surface area (Å²) in [5.41, 5.74) is -0.289. The first-order valence-electron chi connectivity index (χ1n) is 6.02. The molecule has 0 radical (unpaired) electrons. The number of rotatable bonds is 1. The van der Waals surface area contributed by atoms with Gasteiger partial charge in [-0.25, -0.2) is 0 Å². The van der Waals surface area contributed by atoms with Gasteiger partial charge in [0.2, 0.25) is 0 Å². The Bertz CT molecular complexity index is 295. The summed E-state index contributed by atoms with van der Waals surface area (Å²) in [6.45, 7) is 11.8. The largest absolute Gasteiger partial charge is 0.301 e. The summed E-state index contributed by atoms with van der Waals surface area (Å²) in [5.74, 6) is 0. The zero-order valence-corrected chi connectivity index (χ0v) is 11.5. The highest BCUT2D eigenvalue weighted by atomic mass is 15.2. The van der Waals surface area contributed by atoms with Gasteiger partial charge in [0, 0.05) is 17.6 Å². The van der Waals surface area contributed by atoms with Crippen LogP contribution in [-0.2, 0) is 0 Å².